The Kier molecular flexibility index (Phi) is 6.28. The number of nitrogens with one attached hydrogen (secondary N) is 1. The van der Waals surface area contributed by atoms with Crippen LogP contribution in [0.3, 0.4) is 0 Å². The molecule has 1 N–H and O–H groups in total. The molecule has 2 fully saturated rings. The Morgan fingerprint density at radius 3 is 2.76 bits per heavy atom. The van der Waals surface area contributed by atoms with Gasteiger partial charge in [-0.1, -0.05) is 0 Å². The van der Waals surface area contributed by atoms with Crippen molar-refractivity contribution in [1.82, 2.24) is 20.1 Å². The van der Waals surface area contributed by atoms with E-state index < -0.39 is 0 Å². The van der Waals surface area contributed by atoms with Gasteiger partial charge in [-0.15, -0.1) is 0 Å². The maximum absolute atomic E-state index is 11.7. The predicted molar refractivity (Wildman–Crippen MR) is 126 cm³/mol. The molecule has 180 valence electrons. The largest absolute Gasteiger partial charge is 0.493 e. The van der Waals surface area contributed by atoms with Gasteiger partial charge in [0.25, 0.3) is 0 Å². The van der Waals surface area contributed by atoms with Crippen molar-refractivity contribution in [2.24, 2.45) is 13.0 Å². The Morgan fingerprint density at radius 2 is 2.03 bits per heavy atom. The van der Waals surface area contributed by atoms with Crippen molar-refractivity contribution in [2.45, 2.75) is 38.4 Å². The fourth-order valence-corrected chi connectivity index (χ4v) is 4.48. The van der Waals surface area contributed by atoms with Gasteiger partial charge in [-0.3, -0.25) is 9.48 Å². The lowest BCUT2D eigenvalue weighted by Crippen LogP contribution is -2.26. The van der Waals surface area contributed by atoms with Crippen molar-refractivity contribution in [3.05, 3.63) is 30.5 Å². The van der Waals surface area contributed by atoms with Gasteiger partial charge in [0.05, 0.1) is 36.9 Å². The Labute approximate surface area is 198 Å². The second-order valence-electron chi connectivity index (χ2n) is 8.93. The summed E-state index contributed by atoms with van der Waals surface area (Å²) in [7, 11) is 3.51. The normalized spacial score (nSPS) is 19.7. The van der Waals surface area contributed by atoms with Gasteiger partial charge in [0.15, 0.2) is 11.5 Å². The van der Waals surface area contributed by atoms with E-state index in [0.29, 0.717) is 43.6 Å². The van der Waals surface area contributed by atoms with Crippen LogP contribution < -0.4 is 19.5 Å². The number of carbonyl (C=O) groups excluding carboxylic acids is 1. The molecule has 0 aliphatic carbocycles. The van der Waals surface area contributed by atoms with Crippen molar-refractivity contribution in [1.29, 1.82) is 0 Å². The van der Waals surface area contributed by atoms with Crippen LogP contribution >= 0.6 is 0 Å². The van der Waals surface area contributed by atoms with Crippen LogP contribution in [0.5, 0.6) is 17.4 Å². The second-order valence-corrected chi connectivity index (χ2v) is 8.93. The summed E-state index contributed by atoms with van der Waals surface area (Å²) in [6.45, 7) is 4.02. The molecule has 9 heteroatoms. The number of methoxy groups -OCH3 is 1. The molecule has 4 heterocycles. The summed E-state index contributed by atoms with van der Waals surface area (Å²) in [5, 5.41) is 8.29. The molecule has 2 aromatic heterocycles. The fourth-order valence-electron chi connectivity index (χ4n) is 4.48. The molecule has 0 spiro atoms. The van der Waals surface area contributed by atoms with E-state index in [0.717, 1.165) is 35.0 Å². The van der Waals surface area contributed by atoms with Crippen molar-refractivity contribution >= 4 is 16.8 Å². The van der Waals surface area contributed by atoms with Crippen LogP contribution in [0.1, 0.15) is 26.2 Å². The fraction of sp³-hybridized carbons (Fsp3) is 0.480. The highest BCUT2D eigenvalue weighted by molar-refractivity contribution is 5.87. The number of pyridine rings is 1. The van der Waals surface area contributed by atoms with Gasteiger partial charge in [0, 0.05) is 50.5 Å². The van der Waals surface area contributed by atoms with Crippen molar-refractivity contribution in [2.75, 3.05) is 26.9 Å². The van der Waals surface area contributed by atoms with Crippen molar-refractivity contribution < 1.29 is 23.7 Å². The molecule has 34 heavy (non-hydrogen) atoms. The number of benzene rings is 1. The van der Waals surface area contributed by atoms with Crippen LogP contribution in [0.25, 0.3) is 22.2 Å². The summed E-state index contributed by atoms with van der Waals surface area (Å²) in [4.78, 5) is 16.5. The topological polar surface area (TPSA) is 96.7 Å². The highest BCUT2D eigenvalue weighted by atomic mass is 16.5. The summed E-state index contributed by atoms with van der Waals surface area (Å²) in [6, 6.07) is 7.77. The molecule has 1 aromatic carbocycles. The molecule has 2 aliphatic heterocycles. The highest BCUT2D eigenvalue weighted by Crippen LogP contribution is 2.36. The summed E-state index contributed by atoms with van der Waals surface area (Å²) in [5.41, 5.74) is 2.39. The van der Waals surface area contributed by atoms with E-state index in [1.165, 1.54) is 0 Å². The molecule has 0 saturated carbocycles. The Morgan fingerprint density at radius 1 is 1.21 bits per heavy atom. The van der Waals surface area contributed by atoms with E-state index in [2.05, 4.69) is 10.4 Å². The van der Waals surface area contributed by atoms with Gasteiger partial charge in [-0.2, -0.15) is 5.10 Å². The molecule has 0 bridgehead atoms. The quantitative estimate of drug-likeness (QED) is 0.571. The van der Waals surface area contributed by atoms with Gasteiger partial charge in [0.2, 0.25) is 11.8 Å². The second kappa shape index (κ2) is 9.50. The number of fused-ring (bicyclic) bond motifs is 1. The number of aryl methyl sites for hydroxylation is 1. The first kappa shape index (κ1) is 22.5. The van der Waals surface area contributed by atoms with Crippen LogP contribution in [0.2, 0.25) is 0 Å². The smallest absolute Gasteiger partial charge is 0.225 e. The van der Waals surface area contributed by atoms with Crippen molar-refractivity contribution in [3.8, 4) is 28.6 Å². The molecular formula is C25H30N4O5. The summed E-state index contributed by atoms with van der Waals surface area (Å²) < 4.78 is 25.3. The minimum absolute atomic E-state index is 0.0591. The van der Waals surface area contributed by atoms with E-state index >= 15 is 0 Å². The van der Waals surface area contributed by atoms with Crippen molar-refractivity contribution in [3.63, 3.8) is 0 Å². The molecule has 2 atom stereocenters. The third-order valence-electron chi connectivity index (χ3n) is 6.47. The average Bonchev–Trinajstić information content (AvgIpc) is 3.45. The monoisotopic (exact) mass is 466 g/mol. The minimum Gasteiger partial charge on any atom is -0.493 e. The first-order chi connectivity index (χ1) is 16.5. The van der Waals surface area contributed by atoms with E-state index in [1.807, 2.05) is 44.4 Å². The molecule has 9 nitrogen and oxygen atoms in total. The van der Waals surface area contributed by atoms with Crippen LogP contribution in [0.4, 0.5) is 0 Å². The molecule has 0 radical (unpaired) electrons. The molecule has 2 saturated heterocycles. The Balaban J connectivity index is 1.45. The Bertz CT molecular complexity index is 1190. The number of nitrogens with zero attached hydrogens (tertiary/aromatic N) is 3. The first-order valence-corrected chi connectivity index (χ1v) is 11.7. The lowest BCUT2D eigenvalue weighted by Gasteiger charge is -2.24. The van der Waals surface area contributed by atoms with Crippen LogP contribution in [0.15, 0.2) is 30.5 Å². The maximum Gasteiger partial charge on any atom is 0.225 e. The molecular weight excluding hydrogens is 436 g/mol. The number of hydrogen-bond acceptors (Lipinski definition) is 7. The van der Waals surface area contributed by atoms with Gasteiger partial charge in [-0.25, -0.2) is 4.98 Å². The van der Waals surface area contributed by atoms with E-state index in [9.17, 15) is 4.79 Å². The number of amides is 1. The standard InChI is InChI=1S/C25H30N4O5/c1-15(17-11-24(30)26-13-17)33-25-19-14-29(2)28-21(19)12-20(27-25)16-4-5-22(23(10-16)31-3)34-18-6-8-32-9-7-18/h4-5,10,12,14-15,17-18H,6-9,11,13H2,1-3H3,(H,26,30)/t15?,17-/m1/s1. The third-order valence-corrected chi connectivity index (χ3v) is 6.47. The predicted octanol–water partition coefficient (Wildman–Crippen LogP) is 3.11. The van der Waals surface area contributed by atoms with Gasteiger partial charge >= 0.3 is 0 Å². The minimum atomic E-state index is -0.171. The van der Waals surface area contributed by atoms with E-state index in [4.69, 9.17) is 23.9 Å². The van der Waals surface area contributed by atoms with Crippen LogP contribution in [-0.4, -0.2) is 59.7 Å². The first-order valence-electron chi connectivity index (χ1n) is 11.7. The van der Waals surface area contributed by atoms with Gasteiger partial charge < -0.3 is 24.3 Å². The van der Waals surface area contributed by atoms with Gasteiger partial charge in [0.1, 0.15) is 12.2 Å². The molecule has 1 unspecified atom stereocenters. The number of rotatable bonds is 7. The Hall–Kier alpha value is -3.33. The van der Waals surface area contributed by atoms with Crippen LogP contribution in [-0.2, 0) is 16.6 Å². The third kappa shape index (κ3) is 4.65. The summed E-state index contributed by atoms with van der Waals surface area (Å²) in [6.07, 6.45) is 4.04. The molecule has 3 aromatic rings. The number of ether oxygens (including phenoxy) is 4. The lowest BCUT2D eigenvalue weighted by molar-refractivity contribution is -0.119. The maximum atomic E-state index is 11.7. The summed E-state index contributed by atoms with van der Waals surface area (Å²) >= 11 is 0. The zero-order chi connectivity index (χ0) is 23.7. The SMILES string of the molecule is COc1cc(-c2cc3nn(C)cc3c(OC(C)[C@H]3CNC(=O)C3)n2)ccc1OC1CCOCC1. The zero-order valence-corrected chi connectivity index (χ0v) is 19.7. The number of aromatic nitrogens is 3. The highest BCUT2D eigenvalue weighted by Gasteiger charge is 2.29. The van der Waals surface area contributed by atoms with Crippen LogP contribution in [0, 0.1) is 5.92 Å². The zero-order valence-electron chi connectivity index (χ0n) is 19.7. The lowest BCUT2D eigenvalue weighted by atomic mass is 10.0. The number of hydrogen-bond donors (Lipinski definition) is 1. The number of carbonyl (C=O) groups is 1. The molecule has 2 aliphatic rings. The summed E-state index contributed by atoms with van der Waals surface area (Å²) in [5.74, 6) is 2.03. The molecule has 1 amide bonds. The van der Waals surface area contributed by atoms with E-state index in [1.54, 1.807) is 11.8 Å². The van der Waals surface area contributed by atoms with Gasteiger partial charge in [-0.05, 0) is 31.2 Å². The average molecular weight is 467 g/mol. The van der Waals surface area contributed by atoms with E-state index in [-0.39, 0.29) is 24.0 Å². The molecule has 5 rings (SSSR count).